The molecule has 0 saturated heterocycles. The summed E-state index contributed by atoms with van der Waals surface area (Å²) in [4.78, 5) is 26.4. The van der Waals surface area contributed by atoms with E-state index in [1.54, 1.807) is 24.4 Å². The molecule has 0 aliphatic heterocycles. The first-order valence-corrected chi connectivity index (χ1v) is 14.1. The van der Waals surface area contributed by atoms with E-state index in [0.29, 0.717) is 23.5 Å². The molecule has 0 bridgehead atoms. The second-order valence-electron chi connectivity index (χ2n) is 9.82. The Bertz CT molecular complexity index is 1870. The van der Waals surface area contributed by atoms with Crippen LogP contribution >= 0.6 is 15.9 Å². The van der Waals surface area contributed by atoms with Gasteiger partial charge in [0.15, 0.2) is 5.65 Å². The predicted octanol–water partition coefficient (Wildman–Crippen LogP) is 8.07. The Hall–Kier alpha value is -4.30. The van der Waals surface area contributed by atoms with Gasteiger partial charge in [-0.05, 0) is 71.2 Å². The number of aromatic nitrogens is 4. The highest BCUT2D eigenvalue weighted by Gasteiger charge is 2.21. The zero-order valence-corrected chi connectivity index (χ0v) is 23.8. The van der Waals surface area contributed by atoms with Crippen LogP contribution in [0.25, 0.3) is 44.7 Å². The van der Waals surface area contributed by atoms with E-state index >= 15 is 0 Å². The van der Waals surface area contributed by atoms with Crippen molar-refractivity contribution in [3.8, 4) is 22.6 Å². The number of unbranched alkanes of at least 4 members (excludes halogenated alkanes) is 1. The van der Waals surface area contributed by atoms with E-state index in [4.69, 9.17) is 14.4 Å². The van der Waals surface area contributed by atoms with Crippen molar-refractivity contribution >= 4 is 44.0 Å². The Morgan fingerprint density at radius 1 is 1.02 bits per heavy atom. The SMILES string of the molecule is CCCCc1nc2cc(-c3ccccn3)c(C)nc2n1Cc1ccc2oc(-c3ccccc3C(=O)O)c(Br)c2c1. The van der Waals surface area contributed by atoms with Crippen LogP contribution in [0.4, 0.5) is 0 Å². The van der Waals surface area contributed by atoms with Crippen molar-refractivity contribution in [2.75, 3.05) is 0 Å². The number of pyridine rings is 2. The molecule has 0 saturated carbocycles. The molecule has 0 unspecified atom stereocenters. The van der Waals surface area contributed by atoms with Crippen LogP contribution in [0.15, 0.2) is 81.8 Å². The molecule has 6 rings (SSSR count). The van der Waals surface area contributed by atoms with Gasteiger partial charge in [0.25, 0.3) is 0 Å². The van der Waals surface area contributed by atoms with E-state index < -0.39 is 5.97 Å². The van der Waals surface area contributed by atoms with Gasteiger partial charge < -0.3 is 14.1 Å². The Labute approximate surface area is 239 Å². The van der Waals surface area contributed by atoms with Crippen LogP contribution in [-0.4, -0.2) is 30.6 Å². The molecular formula is C32H27BrN4O3. The van der Waals surface area contributed by atoms with Crippen molar-refractivity contribution < 1.29 is 14.3 Å². The van der Waals surface area contributed by atoms with Crippen LogP contribution in [-0.2, 0) is 13.0 Å². The normalized spacial score (nSPS) is 11.5. The van der Waals surface area contributed by atoms with E-state index in [2.05, 4.69) is 44.5 Å². The molecule has 0 fully saturated rings. The third-order valence-corrected chi connectivity index (χ3v) is 7.91. The predicted molar refractivity (Wildman–Crippen MR) is 160 cm³/mol. The standard InChI is InChI=1S/C32H27BrN4O3/c1-3-4-12-28-36-26-17-23(25-11-7-8-15-34-25)19(2)35-31(26)37(28)18-20-13-14-27-24(16-20)29(33)30(40-27)21-9-5-6-10-22(21)32(38)39/h5-11,13-17H,3-4,12,18H2,1-2H3,(H,38,39). The first-order valence-electron chi connectivity index (χ1n) is 13.3. The fourth-order valence-electron chi connectivity index (χ4n) is 5.09. The van der Waals surface area contributed by atoms with E-state index in [-0.39, 0.29) is 5.56 Å². The minimum absolute atomic E-state index is 0.194. The fourth-order valence-corrected chi connectivity index (χ4v) is 5.70. The van der Waals surface area contributed by atoms with Crippen molar-refractivity contribution in [1.82, 2.24) is 19.5 Å². The highest BCUT2D eigenvalue weighted by atomic mass is 79.9. The number of carboxylic acid groups (broad SMARTS) is 1. The Morgan fingerprint density at radius 2 is 1.85 bits per heavy atom. The number of fused-ring (bicyclic) bond motifs is 2. The number of aryl methyl sites for hydroxylation is 2. The van der Waals surface area contributed by atoms with Crippen LogP contribution in [0, 0.1) is 6.92 Å². The number of nitrogens with zero attached hydrogens (tertiary/aromatic N) is 4. The molecule has 40 heavy (non-hydrogen) atoms. The molecule has 4 aromatic heterocycles. The van der Waals surface area contributed by atoms with E-state index in [0.717, 1.165) is 68.6 Å². The van der Waals surface area contributed by atoms with Crippen molar-refractivity contribution in [3.05, 3.63) is 100 Å². The highest BCUT2D eigenvalue weighted by molar-refractivity contribution is 9.10. The summed E-state index contributed by atoms with van der Waals surface area (Å²) >= 11 is 3.69. The molecule has 1 N–H and O–H groups in total. The molecule has 0 amide bonds. The number of benzene rings is 2. The highest BCUT2D eigenvalue weighted by Crippen LogP contribution is 2.39. The van der Waals surface area contributed by atoms with Crippen LogP contribution in [0.1, 0.15) is 47.2 Å². The van der Waals surface area contributed by atoms with Crippen molar-refractivity contribution in [2.45, 2.75) is 39.7 Å². The first kappa shape index (κ1) is 26.0. The maximum atomic E-state index is 11.8. The molecule has 0 radical (unpaired) electrons. The summed E-state index contributed by atoms with van der Waals surface area (Å²) in [7, 11) is 0. The Kier molecular flexibility index (Phi) is 6.94. The summed E-state index contributed by atoms with van der Waals surface area (Å²) < 4.78 is 9.07. The van der Waals surface area contributed by atoms with Crippen molar-refractivity contribution in [3.63, 3.8) is 0 Å². The Balaban J connectivity index is 1.43. The Morgan fingerprint density at radius 3 is 2.62 bits per heavy atom. The number of carbonyl (C=O) groups is 1. The number of carboxylic acids is 1. The fraction of sp³-hybridized carbons (Fsp3) is 0.188. The average Bonchev–Trinajstić information content (AvgIpc) is 3.48. The molecule has 0 aliphatic rings. The van der Waals surface area contributed by atoms with Gasteiger partial charge in [0, 0.05) is 34.8 Å². The van der Waals surface area contributed by atoms with Gasteiger partial charge in [0.1, 0.15) is 22.7 Å². The zero-order valence-electron chi connectivity index (χ0n) is 22.2. The van der Waals surface area contributed by atoms with Gasteiger partial charge in [-0.15, -0.1) is 0 Å². The lowest BCUT2D eigenvalue weighted by Gasteiger charge is -2.10. The van der Waals surface area contributed by atoms with Gasteiger partial charge in [-0.3, -0.25) is 4.98 Å². The summed E-state index contributed by atoms with van der Waals surface area (Å²) in [6.45, 7) is 4.79. The van der Waals surface area contributed by atoms with Crippen LogP contribution in [0.3, 0.4) is 0 Å². The van der Waals surface area contributed by atoms with Gasteiger partial charge in [-0.25, -0.2) is 14.8 Å². The monoisotopic (exact) mass is 594 g/mol. The van der Waals surface area contributed by atoms with E-state index in [9.17, 15) is 9.90 Å². The third-order valence-electron chi connectivity index (χ3n) is 7.12. The van der Waals surface area contributed by atoms with E-state index in [1.165, 1.54) is 0 Å². The number of furan rings is 1. The zero-order chi connectivity index (χ0) is 27.8. The molecule has 0 spiro atoms. The first-order chi connectivity index (χ1) is 19.4. The minimum Gasteiger partial charge on any atom is -0.478 e. The molecule has 0 atom stereocenters. The molecule has 8 heteroatoms. The summed E-state index contributed by atoms with van der Waals surface area (Å²) in [5.74, 6) is 0.509. The molecule has 0 aliphatic carbocycles. The second kappa shape index (κ2) is 10.7. The molecule has 4 heterocycles. The maximum Gasteiger partial charge on any atom is 0.336 e. The molecule has 6 aromatic rings. The van der Waals surface area contributed by atoms with Crippen molar-refractivity contribution in [1.29, 1.82) is 0 Å². The van der Waals surface area contributed by atoms with Gasteiger partial charge in [-0.1, -0.05) is 43.7 Å². The van der Waals surface area contributed by atoms with E-state index in [1.807, 2.05) is 43.3 Å². The lowest BCUT2D eigenvalue weighted by atomic mass is 10.0. The van der Waals surface area contributed by atoms with Gasteiger partial charge in [-0.2, -0.15) is 0 Å². The summed E-state index contributed by atoms with van der Waals surface area (Å²) in [5.41, 5.74) is 6.96. The second-order valence-corrected chi connectivity index (χ2v) is 10.6. The number of imidazole rings is 1. The molecule has 2 aromatic carbocycles. The number of rotatable bonds is 8. The number of halogens is 1. The van der Waals surface area contributed by atoms with Crippen molar-refractivity contribution in [2.24, 2.45) is 0 Å². The van der Waals surface area contributed by atoms with Gasteiger partial charge in [0.05, 0.1) is 22.3 Å². The number of aromatic carboxylic acids is 1. The largest absolute Gasteiger partial charge is 0.478 e. The number of hydrogen-bond acceptors (Lipinski definition) is 5. The lowest BCUT2D eigenvalue weighted by molar-refractivity contribution is 0.0697. The van der Waals surface area contributed by atoms with Gasteiger partial charge in [0.2, 0.25) is 0 Å². The maximum absolute atomic E-state index is 11.8. The van der Waals surface area contributed by atoms with Crippen LogP contribution < -0.4 is 0 Å². The lowest BCUT2D eigenvalue weighted by Crippen LogP contribution is -2.06. The molecule has 200 valence electrons. The summed E-state index contributed by atoms with van der Waals surface area (Å²) in [5, 5.41) is 10.6. The third kappa shape index (κ3) is 4.69. The topological polar surface area (TPSA) is 94.0 Å². The van der Waals surface area contributed by atoms with Gasteiger partial charge >= 0.3 is 5.97 Å². The molecule has 7 nitrogen and oxygen atoms in total. The number of hydrogen-bond donors (Lipinski definition) is 1. The quantitative estimate of drug-likeness (QED) is 0.191. The summed E-state index contributed by atoms with van der Waals surface area (Å²) in [6.07, 6.45) is 4.76. The van der Waals surface area contributed by atoms with Crippen LogP contribution in [0.2, 0.25) is 0 Å². The smallest absolute Gasteiger partial charge is 0.336 e. The van der Waals surface area contributed by atoms with Crippen LogP contribution in [0.5, 0.6) is 0 Å². The average molecular weight is 595 g/mol. The summed E-state index contributed by atoms with van der Waals surface area (Å²) in [6, 6.07) is 20.9. The molecular weight excluding hydrogens is 568 g/mol. The minimum atomic E-state index is -0.996.